The zero-order valence-electron chi connectivity index (χ0n) is 12.8. The monoisotopic (exact) mass is 510 g/mol. The summed E-state index contributed by atoms with van der Waals surface area (Å²) in [5, 5.41) is 0.409. The molecule has 6 nitrogen and oxygen atoms in total. The summed E-state index contributed by atoms with van der Waals surface area (Å²) in [4.78, 5) is 13.8. The summed E-state index contributed by atoms with van der Waals surface area (Å²) < 4.78 is 31.1. The van der Waals surface area contributed by atoms with Crippen LogP contribution in [0, 0.1) is 6.92 Å². The molecule has 0 bridgehead atoms. The molecular formula is C15H13Br2ClN2O4S. The van der Waals surface area contributed by atoms with Crippen molar-refractivity contribution in [2.24, 2.45) is 0 Å². The van der Waals surface area contributed by atoms with Gasteiger partial charge in [0.2, 0.25) is 0 Å². The number of hydrogen-bond donors (Lipinski definition) is 2. The Bertz CT molecular complexity index is 866. The van der Waals surface area contributed by atoms with Gasteiger partial charge in [-0.3, -0.25) is 10.2 Å². The zero-order valence-corrected chi connectivity index (χ0v) is 17.6. The Kier molecular flexibility index (Phi) is 6.86. The van der Waals surface area contributed by atoms with Crippen LogP contribution in [0.3, 0.4) is 0 Å². The molecule has 0 aromatic heterocycles. The predicted octanol–water partition coefficient (Wildman–Crippen LogP) is 3.56. The molecule has 134 valence electrons. The molecule has 0 spiro atoms. The van der Waals surface area contributed by atoms with E-state index in [4.69, 9.17) is 16.3 Å². The fourth-order valence-corrected chi connectivity index (χ4v) is 4.38. The first-order chi connectivity index (χ1) is 11.7. The number of amides is 1. The number of carbonyl (C=O) groups excluding carboxylic acids is 1. The number of hydrazine groups is 1. The minimum Gasteiger partial charge on any atom is -0.482 e. The molecule has 0 saturated heterocycles. The summed E-state index contributed by atoms with van der Waals surface area (Å²) in [6.45, 7) is 1.47. The molecule has 0 radical (unpaired) electrons. The number of sulfonamides is 1. The van der Waals surface area contributed by atoms with E-state index in [0.29, 0.717) is 15.2 Å². The second-order valence-corrected chi connectivity index (χ2v) is 8.82. The van der Waals surface area contributed by atoms with Crippen molar-refractivity contribution in [3.63, 3.8) is 0 Å². The number of aryl methyl sites for hydroxylation is 1. The van der Waals surface area contributed by atoms with E-state index in [9.17, 15) is 13.2 Å². The van der Waals surface area contributed by atoms with Crippen molar-refractivity contribution >= 4 is 59.4 Å². The van der Waals surface area contributed by atoms with Crippen LogP contribution < -0.4 is 15.0 Å². The molecule has 2 rings (SSSR count). The van der Waals surface area contributed by atoms with Crippen molar-refractivity contribution in [1.29, 1.82) is 0 Å². The Balaban J connectivity index is 1.94. The molecule has 2 aromatic carbocycles. The Morgan fingerprint density at radius 2 is 1.84 bits per heavy atom. The van der Waals surface area contributed by atoms with Gasteiger partial charge in [0.15, 0.2) is 6.61 Å². The van der Waals surface area contributed by atoms with Gasteiger partial charge in [-0.05, 0) is 64.8 Å². The average molecular weight is 513 g/mol. The Hall–Kier alpha value is -1.13. The van der Waals surface area contributed by atoms with Crippen molar-refractivity contribution in [2.45, 2.75) is 11.8 Å². The van der Waals surface area contributed by atoms with Gasteiger partial charge in [0.25, 0.3) is 15.9 Å². The lowest BCUT2D eigenvalue weighted by Gasteiger charge is -2.12. The van der Waals surface area contributed by atoms with Gasteiger partial charge in [-0.25, -0.2) is 8.42 Å². The van der Waals surface area contributed by atoms with Crippen LogP contribution in [0.15, 0.2) is 50.2 Å². The van der Waals surface area contributed by atoms with Crippen LogP contribution >= 0.6 is 43.5 Å². The average Bonchev–Trinajstić information content (AvgIpc) is 2.52. The van der Waals surface area contributed by atoms with Crippen LogP contribution in [0.2, 0.25) is 5.02 Å². The highest BCUT2D eigenvalue weighted by Gasteiger charge is 2.16. The molecule has 0 unspecified atom stereocenters. The zero-order chi connectivity index (χ0) is 18.6. The van der Waals surface area contributed by atoms with Crippen LogP contribution in [0.25, 0.3) is 0 Å². The molecule has 10 heteroatoms. The van der Waals surface area contributed by atoms with Crippen LogP contribution in [0.1, 0.15) is 5.56 Å². The predicted molar refractivity (Wildman–Crippen MR) is 102 cm³/mol. The molecule has 0 heterocycles. The van der Waals surface area contributed by atoms with E-state index in [2.05, 4.69) is 37.3 Å². The Morgan fingerprint density at radius 1 is 1.20 bits per heavy atom. The van der Waals surface area contributed by atoms with Gasteiger partial charge in [0, 0.05) is 9.50 Å². The maximum absolute atomic E-state index is 12.0. The van der Waals surface area contributed by atoms with E-state index in [-0.39, 0.29) is 11.5 Å². The summed E-state index contributed by atoms with van der Waals surface area (Å²) in [5.74, 6) is -0.148. The van der Waals surface area contributed by atoms with Crippen molar-refractivity contribution < 1.29 is 17.9 Å². The number of rotatable bonds is 6. The summed E-state index contributed by atoms with van der Waals surface area (Å²) in [7, 11) is -3.89. The van der Waals surface area contributed by atoms with E-state index in [1.165, 1.54) is 24.3 Å². The maximum Gasteiger partial charge on any atom is 0.272 e. The Morgan fingerprint density at radius 3 is 2.44 bits per heavy atom. The first-order valence-electron chi connectivity index (χ1n) is 6.84. The summed E-state index contributed by atoms with van der Waals surface area (Å²) in [6.07, 6.45) is 0. The molecule has 0 aliphatic heterocycles. The van der Waals surface area contributed by atoms with E-state index >= 15 is 0 Å². The number of nitrogens with one attached hydrogen (secondary N) is 2. The normalized spacial score (nSPS) is 11.2. The number of carbonyl (C=O) groups is 1. The largest absolute Gasteiger partial charge is 0.482 e. The molecule has 0 aliphatic rings. The lowest BCUT2D eigenvalue weighted by atomic mass is 10.2. The highest BCUT2D eigenvalue weighted by atomic mass is 79.9. The van der Waals surface area contributed by atoms with Crippen molar-refractivity contribution in [3.8, 4) is 5.75 Å². The molecule has 25 heavy (non-hydrogen) atoms. The molecule has 0 atom stereocenters. The third kappa shape index (κ3) is 5.68. The topological polar surface area (TPSA) is 84.5 Å². The van der Waals surface area contributed by atoms with E-state index < -0.39 is 15.9 Å². The van der Waals surface area contributed by atoms with Gasteiger partial charge in [-0.2, -0.15) is 0 Å². The second-order valence-electron chi connectivity index (χ2n) is 4.93. The quantitative estimate of drug-likeness (QED) is 0.580. The number of ether oxygens (including phenoxy) is 1. The number of halogens is 3. The number of benzene rings is 2. The summed E-state index contributed by atoms with van der Waals surface area (Å²) >= 11 is 12.4. The maximum atomic E-state index is 12.0. The third-order valence-electron chi connectivity index (χ3n) is 2.99. The third-order valence-corrected chi connectivity index (χ3v) is 5.55. The first kappa shape index (κ1) is 20.2. The lowest BCUT2D eigenvalue weighted by Crippen LogP contribution is -2.43. The van der Waals surface area contributed by atoms with Crippen molar-refractivity contribution in [1.82, 2.24) is 10.3 Å². The molecule has 0 aliphatic carbocycles. The highest BCUT2D eigenvalue weighted by molar-refractivity contribution is 9.11. The van der Waals surface area contributed by atoms with Gasteiger partial charge in [-0.15, -0.1) is 4.83 Å². The highest BCUT2D eigenvalue weighted by Crippen LogP contribution is 2.32. The van der Waals surface area contributed by atoms with E-state index in [1.54, 1.807) is 6.07 Å². The van der Waals surface area contributed by atoms with Crippen LogP contribution in [0.5, 0.6) is 5.75 Å². The van der Waals surface area contributed by atoms with Crippen molar-refractivity contribution in [2.75, 3.05) is 6.61 Å². The second kappa shape index (κ2) is 8.50. The minimum atomic E-state index is -3.89. The SMILES string of the molecule is Cc1cc(Br)cc(Br)c1OCC(=O)NNS(=O)(=O)c1ccc(Cl)cc1. The van der Waals surface area contributed by atoms with Crippen LogP contribution in [-0.2, 0) is 14.8 Å². The van der Waals surface area contributed by atoms with Gasteiger partial charge in [0.1, 0.15) is 5.75 Å². The Labute approximate surface area is 167 Å². The van der Waals surface area contributed by atoms with E-state index in [0.717, 1.165) is 10.0 Å². The lowest BCUT2D eigenvalue weighted by molar-refractivity contribution is -0.123. The summed E-state index contributed by atoms with van der Waals surface area (Å²) in [6, 6.07) is 9.15. The molecule has 2 N–H and O–H groups in total. The van der Waals surface area contributed by atoms with Crippen molar-refractivity contribution in [3.05, 3.63) is 55.9 Å². The van der Waals surface area contributed by atoms with Crippen LogP contribution in [-0.4, -0.2) is 20.9 Å². The van der Waals surface area contributed by atoms with Crippen LogP contribution in [0.4, 0.5) is 0 Å². The minimum absolute atomic E-state index is 0.0235. The standard InChI is InChI=1S/C15H13Br2ClN2O4S/c1-9-6-10(16)7-13(17)15(9)24-8-14(21)19-20-25(22,23)12-4-2-11(18)3-5-12/h2-7,20H,8H2,1H3,(H,19,21). The molecule has 0 saturated carbocycles. The molecular weight excluding hydrogens is 500 g/mol. The van der Waals surface area contributed by atoms with Gasteiger partial charge < -0.3 is 4.74 Å². The summed E-state index contributed by atoms with van der Waals surface area (Å²) in [5.41, 5.74) is 2.91. The molecule has 2 aromatic rings. The fraction of sp³-hybridized carbons (Fsp3) is 0.133. The first-order valence-corrected chi connectivity index (χ1v) is 10.3. The molecule has 1 amide bonds. The van der Waals surface area contributed by atoms with E-state index in [1.807, 2.05) is 17.8 Å². The number of hydrogen-bond acceptors (Lipinski definition) is 4. The van der Waals surface area contributed by atoms with Gasteiger partial charge in [-0.1, -0.05) is 27.5 Å². The molecule has 0 fully saturated rings. The van der Waals surface area contributed by atoms with Gasteiger partial charge in [0.05, 0.1) is 9.37 Å². The fourth-order valence-electron chi connectivity index (χ4n) is 1.84. The van der Waals surface area contributed by atoms with Gasteiger partial charge >= 0.3 is 0 Å². The smallest absolute Gasteiger partial charge is 0.272 e.